The molecule has 3 rings (SSSR count). The van der Waals surface area contributed by atoms with Crippen LogP contribution in [0.5, 0.6) is 0 Å². The van der Waals surface area contributed by atoms with Gasteiger partial charge in [-0.25, -0.2) is 0 Å². The van der Waals surface area contributed by atoms with Crippen molar-refractivity contribution >= 4 is 0 Å². The van der Waals surface area contributed by atoms with E-state index in [1.807, 2.05) is 0 Å². The minimum absolute atomic E-state index is 0.197. The minimum atomic E-state index is 0.197. The first-order valence-electron chi connectivity index (χ1n) is 8.33. The van der Waals surface area contributed by atoms with Crippen LogP contribution in [0.4, 0.5) is 0 Å². The van der Waals surface area contributed by atoms with Crippen LogP contribution in [0.25, 0.3) is 0 Å². The quantitative estimate of drug-likeness (QED) is 0.790. The second-order valence-electron chi connectivity index (χ2n) is 6.59. The Labute approximate surface area is 123 Å². The van der Waals surface area contributed by atoms with Crippen LogP contribution < -0.4 is 5.73 Å². The van der Waals surface area contributed by atoms with Crippen LogP contribution in [0.15, 0.2) is 42.0 Å². The third kappa shape index (κ3) is 2.56. The fourth-order valence-electron chi connectivity index (χ4n) is 4.23. The van der Waals surface area contributed by atoms with Crippen molar-refractivity contribution in [3.05, 3.63) is 47.5 Å². The molecule has 1 aromatic carbocycles. The maximum absolute atomic E-state index is 6.82. The second kappa shape index (κ2) is 6.13. The van der Waals surface area contributed by atoms with Crippen molar-refractivity contribution in [2.24, 2.45) is 5.73 Å². The summed E-state index contributed by atoms with van der Waals surface area (Å²) in [5.41, 5.74) is 10.0. The van der Waals surface area contributed by atoms with Crippen LogP contribution in [0, 0.1) is 0 Å². The van der Waals surface area contributed by atoms with Gasteiger partial charge in [0.05, 0.1) is 0 Å². The molecule has 0 aliphatic heterocycles. The predicted octanol–water partition coefficient (Wildman–Crippen LogP) is 4.72. The van der Waals surface area contributed by atoms with Gasteiger partial charge in [-0.15, -0.1) is 0 Å². The fraction of sp³-hybridized carbons (Fsp3) is 0.579. The third-order valence-electron chi connectivity index (χ3n) is 5.42. The summed E-state index contributed by atoms with van der Waals surface area (Å²) in [5.74, 6) is 0. The first-order valence-corrected chi connectivity index (χ1v) is 8.33. The zero-order valence-electron chi connectivity index (χ0n) is 12.5. The number of allylic oxidation sites excluding steroid dienone is 1. The Morgan fingerprint density at radius 3 is 2.30 bits per heavy atom. The second-order valence-corrected chi connectivity index (χ2v) is 6.59. The smallest absolute Gasteiger partial charge is 0.0352 e. The van der Waals surface area contributed by atoms with Gasteiger partial charge in [-0.3, -0.25) is 0 Å². The number of nitrogens with two attached hydrogens (primary N) is 1. The van der Waals surface area contributed by atoms with Crippen molar-refractivity contribution in [3.63, 3.8) is 0 Å². The minimum Gasteiger partial charge on any atom is -0.323 e. The summed E-state index contributed by atoms with van der Waals surface area (Å²) < 4.78 is 0. The van der Waals surface area contributed by atoms with E-state index in [4.69, 9.17) is 5.73 Å². The zero-order valence-corrected chi connectivity index (χ0v) is 12.5. The average Bonchev–Trinajstić information content (AvgIpc) is 2.56. The monoisotopic (exact) mass is 269 g/mol. The molecule has 0 bridgehead atoms. The number of rotatable bonds is 3. The van der Waals surface area contributed by atoms with E-state index < -0.39 is 0 Å². The highest BCUT2D eigenvalue weighted by molar-refractivity contribution is 5.33. The summed E-state index contributed by atoms with van der Waals surface area (Å²) in [6.07, 6.45) is 14.1. The zero-order chi connectivity index (χ0) is 13.8. The Morgan fingerprint density at radius 1 is 0.900 bits per heavy atom. The Kier molecular flexibility index (Phi) is 4.26. The maximum Gasteiger partial charge on any atom is 0.0352 e. The molecular formula is C19H27N. The summed E-state index contributed by atoms with van der Waals surface area (Å²) in [6.45, 7) is 0. The van der Waals surface area contributed by atoms with E-state index in [0.29, 0.717) is 0 Å². The molecular weight excluding hydrogens is 242 g/mol. The first-order chi connectivity index (χ1) is 9.83. The summed E-state index contributed by atoms with van der Waals surface area (Å²) in [6, 6.07) is 11.3. The molecule has 1 unspecified atom stereocenters. The summed E-state index contributed by atoms with van der Waals surface area (Å²) in [4.78, 5) is 0. The van der Waals surface area contributed by atoms with Gasteiger partial charge in [0.25, 0.3) is 0 Å². The molecule has 0 heterocycles. The normalized spacial score (nSPS) is 23.9. The van der Waals surface area contributed by atoms with Gasteiger partial charge in [-0.2, -0.15) is 0 Å². The molecule has 1 saturated carbocycles. The number of benzene rings is 1. The Balaban J connectivity index is 1.95. The molecule has 20 heavy (non-hydrogen) atoms. The van der Waals surface area contributed by atoms with Crippen LogP contribution in [-0.4, -0.2) is 6.04 Å². The van der Waals surface area contributed by atoms with E-state index in [2.05, 4.69) is 36.4 Å². The van der Waals surface area contributed by atoms with Crippen LogP contribution in [0.1, 0.15) is 63.4 Å². The molecule has 0 aromatic heterocycles. The number of hydrogen-bond donors (Lipinski definition) is 1. The average molecular weight is 269 g/mol. The largest absolute Gasteiger partial charge is 0.323 e. The van der Waals surface area contributed by atoms with Crippen molar-refractivity contribution in [1.82, 2.24) is 0 Å². The van der Waals surface area contributed by atoms with E-state index in [0.717, 1.165) is 0 Å². The molecule has 2 aliphatic carbocycles. The number of hydrogen-bond acceptors (Lipinski definition) is 1. The summed E-state index contributed by atoms with van der Waals surface area (Å²) in [7, 11) is 0. The third-order valence-corrected chi connectivity index (χ3v) is 5.42. The molecule has 0 radical (unpaired) electrons. The van der Waals surface area contributed by atoms with Gasteiger partial charge in [0, 0.05) is 11.5 Å². The molecule has 0 amide bonds. The van der Waals surface area contributed by atoms with Gasteiger partial charge in [0.1, 0.15) is 0 Å². The maximum atomic E-state index is 6.82. The topological polar surface area (TPSA) is 26.0 Å². The van der Waals surface area contributed by atoms with Crippen LogP contribution >= 0.6 is 0 Å². The standard InChI is InChI=1S/C19H27N/c20-18(16-10-4-1-5-11-16)19(14-8-3-9-15-19)17-12-6-2-7-13-17/h2,6-7,10,12-13,18H,1,3-5,8-9,11,14-15,20H2. The highest BCUT2D eigenvalue weighted by Gasteiger charge is 2.40. The van der Waals surface area contributed by atoms with Gasteiger partial charge < -0.3 is 5.73 Å². The lowest BCUT2D eigenvalue weighted by atomic mass is 9.62. The lowest BCUT2D eigenvalue weighted by Crippen LogP contribution is -2.48. The van der Waals surface area contributed by atoms with Crippen molar-refractivity contribution < 1.29 is 0 Å². The van der Waals surface area contributed by atoms with Crippen LogP contribution in [0.3, 0.4) is 0 Å². The van der Waals surface area contributed by atoms with Crippen LogP contribution in [0.2, 0.25) is 0 Å². The van der Waals surface area contributed by atoms with E-state index >= 15 is 0 Å². The van der Waals surface area contributed by atoms with Gasteiger partial charge in [-0.05, 0) is 44.1 Å². The Hall–Kier alpha value is -1.08. The van der Waals surface area contributed by atoms with E-state index in [1.54, 1.807) is 0 Å². The van der Waals surface area contributed by atoms with Crippen molar-refractivity contribution in [2.45, 2.75) is 69.2 Å². The predicted molar refractivity (Wildman–Crippen MR) is 85.7 cm³/mol. The molecule has 1 atom stereocenters. The molecule has 0 saturated heterocycles. The van der Waals surface area contributed by atoms with Gasteiger partial charge in [-0.1, -0.05) is 61.2 Å². The SMILES string of the molecule is NC(C1=CCCCC1)C1(c2ccccc2)CCCCC1. The molecule has 0 spiro atoms. The fourth-order valence-corrected chi connectivity index (χ4v) is 4.23. The van der Waals surface area contributed by atoms with Crippen molar-refractivity contribution in [3.8, 4) is 0 Å². The van der Waals surface area contributed by atoms with Crippen molar-refractivity contribution in [2.75, 3.05) is 0 Å². The van der Waals surface area contributed by atoms with Crippen molar-refractivity contribution in [1.29, 1.82) is 0 Å². The molecule has 1 heteroatoms. The molecule has 1 nitrogen and oxygen atoms in total. The summed E-state index contributed by atoms with van der Waals surface area (Å²) >= 11 is 0. The first kappa shape index (κ1) is 13.9. The highest BCUT2D eigenvalue weighted by Crippen LogP contribution is 2.44. The highest BCUT2D eigenvalue weighted by atomic mass is 14.7. The van der Waals surface area contributed by atoms with Gasteiger partial charge >= 0.3 is 0 Å². The van der Waals surface area contributed by atoms with Gasteiger partial charge in [0.2, 0.25) is 0 Å². The van der Waals surface area contributed by atoms with E-state index in [9.17, 15) is 0 Å². The summed E-state index contributed by atoms with van der Waals surface area (Å²) in [5, 5.41) is 0. The Bertz CT molecular complexity index is 454. The molecule has 108 valence electrons. The van der Waals surface area contributed by atoms with E-state index in [1.165, 1.54) is 68.9 Å². The lowest BCUT2D eigenvalue weighted by Gasteiger charge is -2.44. The lowest BCUT2D eigenvalue weighted by molar-refractivity contribution is 0.256. The molecule has 1 aromatic rings. The van der Waals surface area contributed by atoms with E-state index in [-0.39, 0.29) is 11.5 Å². The molecule has 2 aliphatic rings. The van der Waals surface area contributed by atoms with Gasteiger partial charge in [0.15, 0.2) is 0 Å². The van der Waals surface area contributed by atoms with Crippen LogP contribution in [-0.2, 0) is 5.41 Å². The molecule has 2 N–H and O–H groups in total. The Morgan fingerprint density at radius 2 is 1.65 bits per heavy atom. The molecule has 1 fully saturated rings.